The molecule has 16 nitrogen and oxygen atoms in total. The first-order valence-corrected chi connectivity index (χ1v) is 16.8. The molecule has 1 aliphatic carbocycles. The standard InChI is InChI=1S/C29H42N6O10S/c1-20-28(39)27(29(20)40)21-5-7-23(8-6-21)32(13-15-44-19-26(38)45-34-24(36)9-10-25(34)37)11-12-33-17-22(30-31-33)18-35(2,3)14-4-16-46(41,42)43/h5-8,17,20,27-29,39-40H,4,9-16,18-19H2,1-3H3/p+1. The van der Waals surface area contributed by atoms with Crippen LogP contribution in [0.2, 0.25) is 0 Å². The first-order valence-electron chi connectivity index (χ1n) is 15.1. The van der Waals surface area contributed by atoms with Gasteiger partial charge in [-0.3, -0.25) is 18.8 Å². The molecule has 3 N–H and O–H groups in total. The van der Waals surface area contributed by atoms with Crippen LogP contribution in [0.5, 0.6) is 0 Å². The van der Waals surface area contributed by atoms with Crippen molar-refractivity contribution in [2.75, 3.05) is 57.6 Å². The molecule has 1 aromatic heterocycles. The summed E-state index contributed by atoms with van der Waals surface area (Å²) in [5.74, 6) is -2.85. The third-order valence-electron chi connectivity index (χ3n) is 8.32. The van der Waals surface area contributed by atoms with Crippen LogP contribution in [0, 0.1) is 5.92 Å². The second-order valence-corrected chi connectivity index (χ2v) is 14.0. The zero-order valence-electron chi connectivity index (χ0n) is 26.3. The number of nitrogens with zero attached hydrogens (tertiary/aromatic N) is 6. The van der Waals surface area contributed by atoms with Crippen molar-refractivity contribution in [2.45, 2.75) is 57.4 Å². The fourth-order valence-corrected chi connectivity index (χ4v) is 6.13. The zero-order valence-corrected chi connectivity index (χ0v) is 27.1. The summed E-state index contributed by atoms with van der Waals surface area (Å²) in [6, 6.07) is 7.50. The van der Waals surface area contributed by atoms with Crippen molar-refractivity contribution >= 4 is 33.6 Å². The Bertz CT molecular complexity index is 1460. The Balaban J connectivity index is 1.35. The van der Waals surface area contributed by atoms with Gasteiger partial charge in [-0.15, -0.1) is 10.2 Å². The number of rotatable bonds is 17. The monoisotopic (exact) mass is 667 g/mol. The molecule has 1 saturated carbocycles. The lowest BCUT2D eigenvalue weighted by atomic mass is 9.67. The van der Waals surface area contributed by atoms with E-state index >= 15 is 0 Å². The van der Waals surface area contributed by atoms with Gasteiger partial charge in [-0.05, 0) is 17.7 Å². The third-order valence-corrected chi connectivity index (χ3v) is 9.13. The van der Waals surface area contributed by atoms with Crippen molar-refractivity contribution in [3.8, 4) is 0 Å². The normalized spacial score (nSPS) is 21.8. The van der Waals surface area contributed by atoms with E-state index in [4.69, 9.17) is 14.1 Å². The number of hydrogen-bond acceptors (Lipinski definition) is 12. The lowest BCUT2D eigenvalue weighted by Crippen LogP contribution is -2.51. The van der Waals surface area contributed by atoms with E-state index in [2.05, 4.69) is 10.3 Å². The van der Waals surface area contributed by atoms with Gasteiger partial charge in [-0.1, -0.05) is 24.3 Å². The number of hydroxylamine groups is 2. The average molecular weight is 668 g/mol. The molecule has 2 atom stereocenters. The minimum atomic E-state index is -4.02. The van der Waals surface area contributed by atoms with Crippen LogP contribution < -0.4 is 4.90 Å². The second kappa shape index (κ2) is 15.0. The molecule has 0 radical (unpaired) electrons. The fraction of sp³-hybridized carbons (Fsp3) is 0.621. The Morgan fingerprint density at radius 3 is 2.37 bits per heavy atom. The fourth-order valence-electron chi connectivity index (χ4n) is 5.64. The third kappa shape index (κ3) is 9.52. The van der Waals surface area contributed by atoms with Crippen LogP contribution in [0.15, 0.2) is 30.5 Å². The molecule has 2 unspecified atom stereocenters. The van der Waals surface area contributed by atoms with Crippen LogP contribution in [0.1, 0.15) is 43.4 Å². The van der Waals surface area contributed by atoms with Gasteiger partial charge in [0.25, 0.3) is 21.9 Å². The molecule has 17 heteroatoms. The number of benzene rings is 1. The number of carbonyl (C=O) groups is 3. The largest absolute Gasteiger partial charge is 0.392 e. The van der Waals surface area contributed by atoms with Gasteiger partial charge in [0, 0.05) is 49.9 Å². The van der Waals surface area contributed by atoms with Gasteiger partial charge in [0.1, 0.15) is 18.8 Å². The van der Waals surface area contributed by atoms with Crippen molar-refractivity contribution in [3.63, 3.8) is 0 Å². The molecule has 0 bridgehead atoms. The molecule has 4 rings (SSSR count). The molecule has 1 aromatic carbocycles. The van der Waals surface area contributed by atoms with Crippen molar-refractivity contribution in [1.29, 1.82) is 0 Å². The molecule has 46 heavy (non-hydrogen) atoms. The lowest BCUT2D eigenvalue weighted by molar-refractivity contribution is -0.903. The highest BCUT2D eigenvalue weighted by Gasteiger charge is 2.46. The van der Waals surface area contributed by atoms with Crippen LogP contribution in [0.4, 0.5) is 5.69 Å². The Morgan fingerprint density at radius 1 is 1.09 bits per heavy atom. The van der Waals surface area contributed by atoms with Crippen LogP contribution in [0.3, 0.4) is 0 Å². The van der Waals surface area contributed by atoms with Crippen molar-refractivity contribution in [1.82, 2.24) is 20.1 Å². The Hall–Kier alpha value is -3.48. The quantitative estimate of drug-likeness (QED) is 0.0861. The van der Waals surface area contributed by atoms with E-state index in [-0.39, 0.29) is 37.0 Å². The minimum absolute atomic E-state index is 0.000376. The van der Waals surface area contributed by atoms with E-state index in [9.17, 15) is 33.0 Å². The SMILES string of the molecule is CC1C(O)C(c2ccc(N(CCOCC(=O)ON3C(=O)CCC3=O)CCn3cc(C[N+](C)(C)CCCS(=O)(=O)O)nn3)cc2)C1O. The summed E-state index contributed by atoms with van der Waals surface area (Å²) in [5.41, 5.74) is 2.37. The van der Waals surface area contributed by atoms with E-state index in [1.807, 2.05) is 49.5 Å². The van der Waals surface area contributed by atoms with Crippen molar-refractivity contribution in [2.24, 2.45) is 5.92 Å². The van der Waals surface area contributed by atoms with E-state index in [1.54, 1.807) is 11.6 Å². The van der Waals surface area contributed by atoms with Gasteiger partial charge in [-0.2, -0.15) is 8.42 Å². The molecule has 2 heterocycles. The number of aliphatic hydroxyl groups excluding tert-OH is 2. The summed E-state index contributed by atoms with van der Waals surface area (Å²) in [6.07, 6.45) is 0.880. The second-order valence-electron chi connectivity index (χ2n) is 12.5. The summed E-state index contributed by atoms with van der Waals surface area (Å²) < 4.78 is 38.8. The number of quaternary nitrogens is 1. The number of anilines is 1. The molecule has 0 spiro atoms. The highest BCUT2D eigenvalue weighted by molar-refractivity contribution is 7.85. The molecule has 1 saturated heterocycles. The Morgan fingerprint density at radius 2 is 1.74 bits per heavy atom. The molecule has 2 fully saturated rings. The highest BCUT2D eigenvalue weighted by atomic mass is 32.2. The van der Waals surface area contributed by atoms with E-state index in [0.717, 1.165) is 16.9 Å². The molecule has 254 valence electrons. The lowest BCUT2D eigenvalue weighted by Gasteiger charge is -2.45. The number of carbonyl (C=O) groups excluding carboxylic acids is 3. The molecule has 2 aliphatic rings. The minimum Gasteiger partial charge on any atom is -0.392 e. The van der Waals surface area contributed by atoms with Crippen LogP contribution in [-0.2, 0) is 47.2 Å². The maximum absolute atomic E-state index is 12.1. The van der Waals surface area contributed by atoms with E-state index in [1.165, 1.54) is 0 Å². The predicted molar refractivity (Wildman–Crippen MR) is 162 cm³/mol. The first-order chi connectivity index (χ1) is 21.6. The summed E-state index contributed by atoms with van der Waals surface area (Å²) in [6.45, 7) is 3.78. The number of aliphatic hydroxyl groups is 2. The van der Waals surface area contributed by atoms with Crippen LogP contribution in [-0.4, -0.2) is 130 Å². The molecule has 1 aliphatic heterocycles. The van der Waals surface area contributed by atoms with Gasteiger partial charge in [0.2, 0.25) is 0 Å². The zero-order chi connectivity index (χ0) is 33.6. The maximum atomic E-state index is 12.1. The predicted octanol–water partition coefficient (Wildman–Crippen LogP) is -0.282. The molecular formula is C29H43N6O10S+. The Kier molecular flexibility index (Phi) is 11.5. The molecular weight excluding hydrogens is 624 g/mol. The van der Waals surface area contributed by atoms with Gasteiger partial charge in [0.05, 0.1) is 57.9 Å². The number of aromatic nitrogens is 3. The van der Waals surface area contributed by atoms with Crippen LogP contribution >= 0.6 is 0 Å². The number of hydrogen-bond donors (Lipinski definition) is 3. The van der Waals surface area contributed by atoms with Crippen molar-refractivity contribution in [3.05, 3.63) is 41.7 Å². The van der Waals surface area contributed by atoms with Crippen molar-refractivity contribution < 1.29 is 51.6 Å². The first kappa shape index (κ1) is 35.4. The van der Waals surface area contributed by atoms with E-state index in [0.29, 0.717) is 48.7 Å². The summed E-state index contributed by atoms with van der Waals surface area (Å²) in [7, 11) is -0.140. The smallest absolute Gasteiger partial charge is 0.358 e. The Labute approximate surface area is 267 Å². The topological polar surface area (TPSA) is 202 Å². The van der Waals surface area contributed by atoms with Gasteiger partial charge in [-0.25, -0.2) is 4.79 Å². The average Bonchev–Trinajstić information content (AvgIpc) is 3.56. The van der Waals surface area contributed by atoms with Gasteiger partial charge >= 0.3 is 5.97 Å². The molecule has 2 amide bonds. The van der Waals surface area contributed by atoms with Gasteiger partial charge in [0.15, 0.2) is 0 Å². The number of ether oxygens (including phenoxy) is 1. The summed E-state index contributed by atoms with van der Waals surface area (Å²) in [5, 5.41) is 29.6. The summed E-state index contributed by atoms with van der Waals surface area (Å²) >= 11 is 0. The summed E-state index contributed by atoms with van der Waals surface area (Å²) in [4.78, 5) is 42.3. The van der Waals surface area contributed by atoms with Crippen LogP contribution in [0.25, 0.3) is 0 Å². The number of imide groups is 1. The number of amides is 2. The highest BCUT2D eigenvalue weighted by Crippen LogP contribution is 2.42. The van der Waals surface area contributed by atoms with E-state index < -0.39 is 46.7 Å². The maximum Gasteiger partial charge on any atom is 0.358 e. The molecule has 2 aromatic rings. The van der Waals surface area contributed by atoms with Gasteiger partial charge < -0.3 is 29.2 Å².